The fourth-order valence-corrected chi connectivity index (χ4v) is 1.28. The van der Waals surface area contributed by atoms with Gasteiger partial charge < -0.3 is 0 Å². The van der Waals surface area contributed by atoms with Gasteiger partial charge in [0.15, 0.2) is 0 Å². The maximum absolute atomic E-state index is 8.25. The average molecular weight is 196 g/mol. The first kappa shape index (κ1) is 5.34. The van der Waals surface area contributed by atoms with Crippen molar-refractivity contribution in [1.29, 1.82) is 0 Å². The molecular weight excluding hydrogens is 168 g/mol. The lowest BCUT2D eigenvalue weighted by Crippen LogP contribution is -2.10. The topological polar surface area (TPSA) is 0 Å². The van der Waals surface area contributed by atoms with Crippen molar-refractivity contribution in [3.8, 4) is 0 Å². The Balaban J connectivity index is 3.39. The summed E-state index contributed by atoms with van der Waals surface area (Å²) in [6, 6.07) is 6.66. The maximum Gasteiger partial charge on any atom is 0.0349 e. The van der Waals surface area contributed by atoms with Gasteiger partial charge in [-0.1, -0.05) is 58.8 Å². The van der Waals surface area contributed by atoms with E-state index in [1.165, 1.54) is 0 Å². The fourth-order valence-electron chi connectivity index (χ4n) is 1.28. The molecule has 0 saturated carbocycles. The lowest BCUT2D eigenvalue weighted by atomic mass is 9.85. The number of benzene rings is 1. The molecule has 1 atom stereocenters. The highest BCUT2D eigenvalue weighted by atomic mass is 14.2. The van der Waals surface area contributed by atoms with Gasteiger partial charge in [-0.25, -0.2) is 0 Å². The normalized spacial score (nSPS) is 24.6. The number of hydrogen-bond donors (Lipinski definition) is 0. The van der Waals surface area contributed by atoms with Crippen LogP contribution in [0.3, 0.4) is 0 Å². The largest absolute Gasteiger partial charge is 0.0648 e. The van der Waals surface area contributed by atoms with Crippen LogP contribution in [-0.2, 0) is 5.41 Å². The highest BCUT2D eigenvalue weighted by Gasteiger charge is 2.13. The van der Waals surface area contributed by atoms with E-state index in [-0.39, 0.29) is 11.0 Å². The van der Waals surface area contributed by atoms with E-state index < -0.39 is 19.1 Å². The smallest absolute Gasteiger partial charge is 0.0349 e. The third-order valence-corrected chi connectivity index (χ3v) is 2.29. The van der Waals surface area contributed by atoms with Crippen LogP contribution >= 0.6 is 0 Å². The van der Waals surface area contributed by atoms with Crippen molar-refractivity contribution in [2.45, 2.75) is 52.2 Å². The zero-order valence-corrected chi connectivity index (χ0v) is 9.31. The Morgan fingerprint density at radius 2 is 1.93 bits per heavy atom. The molecule has 0 aliphatic carbocycles. The molecular formula is C14H22. The molecule has 0 nitrogen and oxygen atoms in total. The van der Waals surface area contributed by atoms with Crippen LogP contribution in [0.5, 0.6) is 0 Å². The number of rotatable bonds is 2. The Bertz CT molecular complexity index is 444. The Labute approximate surface area is 96.8 Å². The summed E-state index contributed by atoms with van der Waals surface area (Å²) in [4.78, 5) is 0. The maximum atomic E-state index is 8.25. The third kappa shape index (κ3) is 2.60. The standard InChI is InChI=1S/C14H22/c1-6-11(2)12-7-9-13(10-8-12)14(3,4)5/h7-11H,6H2,1-5H3/i2D3,6D2,11D. The van der Waals surface area contributed by atoms with E-state index in [1.54, 1.807) is 24.3 Å². The van der Waals surface area contributed by atoms with Crippen LogP contribution in [0.2, 0.25) is 0 Å². The Hall–Kier alpha value is -0.780. The van der Waals surface area contributed by atoms with E-state index >= 15 is 0 Å². The summed E-state index contributed by atoms with van der Waals surface area (Å²) in [5, 5.41) is 0. The van der Waals surface area contributed by atoms with Crippen LogP contribution < -0.4 is 0 Å². The van der Waals surface area contributed by atoms with Crippen molar-refractivity contribution in [3.05, 3.63) is 35.4 Å². The second kappa shape index (κ2) is 4.16. The summed E-state index contributed by atoms with van der Waals surface area (Å²) in [5.41, 5.74) is 1.12. The van der Waals surface area contributed by atoms with Crippen molar-refractivity contribution in [2.24, 2.45) is 0 Å². The number of hydrogen-bond acceptors (Lipinski definition) is 0. The Morgan fingerprint density at radius 3 is 2.29 bits per heavy atom. The second-order valence-electron chi connectivity index (χ2n) is 4.45. The predicted octanol–water partition coefficient (Wildman–Crippen LogP) is 4.50. The van der Waals surface area contributed by atoms with E-state index in [1.807, 2.05) is 20.8 Å². The minimum Gasteiger partial charge on any atom is -0.0648 e. The molecule has 0 fully saturated rings. The lowest BCUT2D eigenvalue weighted by molar-refractivity contribution is 0.589. The summed E-state index contributed by atoms with van der Waals surface area (Å²) in [6.07, 6.45) is -2.18. The van der Waals surface area contributed by atoms with E-state index in [0.717, 1.165) is 12.5 Å². The minimum atomic E-state index is -2.74. The van der Waals surface area contributed by atoms with Gasteiger partial charge in [-0.2, -0.15) is 0 Å². The molecule has 0 saturated heterocycles. The van der Waals surface area contributed by atoms with Gasteiger partial charge in [-0.05, 0) is 28.8 Å². The highest BCUT2D eigenvalue weighted by Crippen LogP contribution is 2.25. The quantitative estimate of drug-likeness (QED) is 0.653. The molecule has 78 valence electrons. The van der Waals surface area contributed by atoms with E-state index in [0.29, 0.717) is 0 Å². The van der Waals surface area contributed by atoms with Crippen LogP contribution in [0.15, 0.2) is 24.3 Å². The summed E-state index contributed by atoms with van der Waals surface area (Å²) in [6.45, 7) is 4.52. The molecule has 0 amide bonds. The molecule has 0 aliphatic heterocycles. The Morgan fingerprint density at radius 1 is 1.36 bits per heavy atom. The average Bonchev–Trinajstić information content (AvgIpc) is 2.24. The summed E-state index contributed by atoms with van der Waals surface area (Å²) < 4.78 is 46.5. The summed E-state index contributed by atoms with van der Waals surface area (Å²) >= 11 is 0. The summed E-state index contributed by atoms with van der Waals surface area (Å²) in [7, 11) is 0. The minimum absolute atomic E-state index is 0.0750. The van der Waals surface area contributed by atoms with Gasteiger partial charge in [-0.3, -0.25) is 0 Å². The monoisotopic (exact) mass is 196 g/mol. The molecule has 0 spiro atoms. The van der Waals surface area contributed by atoms with Crippen LogP contribution in [0.25, 0.3) is 0 Å². The van der Waals surface area contributed by atoms with Crippen LogP contribution in [0.4, 0.5) is 0 Å². The van der Waals surface area contributed by atoms with Crippen molar-refractivity contribution in [1.82, 2.24) is 0 Å². The van der Waals surface area contributed by atoms with E-state index in [2.05, 4.69) is 0 Å². The molecule has 0 N–H and O–H groups in total. The predicted molar refractivity (Wildman–Crippen MR) is 63.8 cm³/mol. The van der Waals surface area contributed by atoms with Gasteiger partial charge in [0.1, 0.15) is 0 Å². The van der Waals surface area contributed by atoms with Gasteiger partial charge in [0, 0.05) is 8.22 Å². The molecule has 0 heterocycles. The highest BCUT2D eigenvalue weighted by molar-refractivity contribution is 5.29. The molecule has 0 radical (unpaired) electrons. The molecule has 0 aliphatic rings. The zero-order valence-electron chi connectivity index (χ0n) is 15.3. The van der Waals surface area contributed by atoms with Crippen LogP contribution in [0, 0.1) is 0 Å². The first-order chi connectivity index (χ1) is 8.71. The van der Waals surface area contributed by atoms with Crippen LogP contribution in [-0.4, -0.2) is 0 Å². The molecule has 0 bridgehead atoms. The molecule has 1 aromatic rings. The van der Waals surface area contributed by atoms with Crippen molar-refractivity contribution in [2.75, 3.05) is 0 Å². The zero-order chi connectivity index (χ0) is 16.0. The second-order valence-corrected chi connectivity index (χ2v) is 4.45. The van der Waals surface area contributed by atoms with E-state index in [9.17, 15) is 0 Å². The van der Waals surface area contributed by atoms with Gasteiger partial charge in [0.2, 0.25) is 0 Å². The molecule has 1 aromatic carbocycles. The fraction of sp³-hybridized carbons (Fsp3) is 0.571. The SMILES string of the molecule is [2H]C([2H])([2H])C([2H])(c1ccc(C(C)(C)C)cc1)C([2H])([2H])C. The van der Waals surface area contributed by atoms with Crippen molar-refractivity contribution >= 4 is 0 Å². The first-order valence-corrected chi connectivity index (χ1v) is 4.82. The third-order valence-electron chi connectivity index (χ3n) is 2.29. The van der Waals surface area contributed by atoms with Crippen molar-refractivity contribution < 1.29 is 8.22 Å². The van der Waals surface area contributed by atoms with Gasteiger partial charge in [-0.15, -0.1) is 0 Å². The Kier molecular flexibility index (Phi) is 1.59. The molecule has 1 rings (SSSR count). The summed E-state index contributed by atoms with van der Waals surface area (Å²) in [5.74, 6) is -2.28. The molecule has 0 aromatic heterocycles. The van der Waals surface area contributed by atoms with Gasteiger partial charge >= 0.3 is 0 Å². The van der Waals surface area contributed by atoms with E-state index in [4.69, 9.17) is 8.22 Å². The van der Waals surface area contributed by atoms with Gasteiger partial charge in [0.05, 0.1) is 0 Å². The molecule has 14 heavy (non-hydrogen) atoms. The molecule has 1 unspecified atom stereocenters. The molecule has 0 heteroatoms. The lowest BCUT2D eigenvalue weighted by Gasteiger charge is -2.20. The van der Waals surface area contributed by atoms with Crippen molar-refractivity contribution in [3.63, 3.8) is 0 Å². The first-order valence-electron chi connectivity index (χ1n) is 7.82. The van der Waals surface area contributed by atoms with Gasteiger partial charge in [0.25, 0.3) is 0 Å². The van der Waals surface area contributed by atoms with Crippen LogP contribution in [0.1, 0.15) is 66.2 Å².